The summed E-state index contributed by atoms with van der Waals surface area (Å²) >= 11 is 1.34. The SMILES string of the molecule is CCCCCCCC/C=C\CCCCCCCC(=O)SCCNC(C)=O. The fraction of sp³-hybridized carbons (Fsp3) is 0.818. The molecule has 0 bridgehead atoms. The predicted molar refractivity (Wildman–Crippen MR) is 116 cm³/mol. The number of nitrogens with one attached hydrogen (secondary N) is 1. The largest absolute Gasteiger partial charge is 0.356 e. The molecule has 0 radical (unpaired) electrons. The molecule has 26 heavy (non-hydrogen) atoms. The van der Waals surface area contributed by atoms with Crippen molar-refractivity contribution in [1.29, 1.82) is 0 Å². The van der Waals surface area contributed by atoms with Gasteiger partial charge in [0.1, 0.15) is 0 Å². The molecule has 0 aliphatic carbocycles. The van der Waals surface area contributed by atoms with Gasteiger partial charge in [0.15, 0.2) is 5.12 Å². The van der Waals surface area contributed by atoms with Gasteiger partial charge in [-0.1, -0.05) is 82.2 Å². The highest BCUT2D eigenvalue weighted by Crippen LogP contribution is 2.12. The third kappa shape index (κ3) is 21.3. The van der Waals surface area contributed by atoms with Crippen LogP contribution >= 0.6 is 11.8 Å². The molecular weight excluding hydrogens is 342 g/mol. The fourth-order valence-corrected chi connectivity index (χ4v) is 3.52. The van der Waals surface area contributed by atoms with Crippen LogP contribution in [0.1, 0.15) is 104 Å². The molecule has 1 amide bonds. The first-order valence-corrected chi connectivity index (χ1v) is 11.7. The van der Waals surface area contributed by atoms with Gasteiger partial charge in [-0.3, -0.25) is 9.59 Å². The Balaban J connectivity index is 3.22. The molecule has 0 aromatic rings. The van der Waals surface area contributed by atoms with Gasteiger partial charge < -0.3 is 5.32 Å². The zero-order valence-corrected chi connectivity index (χ0v) is 18.0. The third-order valence-electron chi connectivity index (χ3n) is 4.38. The minimum Gasteiger partial charge on any atom is -0.356 e. The number of carbonyl (C=O) groups excluding carboxylic acids is 2. The van der Waals surface area contributed by atoms with Crippen LogP contribution in [0.3, 0.4) is 0 Å². The summed E-state index contributed by atoms with van der Waals surface area (Å²) in [4.78, 5) is 22.4. The summed E-state index contributed by atoms with van der Waals surface area (Å²) in [5.74, 6) is 0.652. The van der Waals surface area contributed by atoms with Crippen LogP contribution in [0.25, 0.3) is 0 Å². The normalized spacial score (nSPS) is 11.2. The van der Waals surface area contributed by atoms with E-state index in [2.05, 4.69) is 24.4 Å². The van der Waals surface area contributed by atoms with Crippen molar-refractivity contribution in [1.82, 2.24) is 5.32 Å². The molecular formula is C22H41NO2S. The zero-order valence-electron chi connectivity index (χ0n) is 17.2. The summed E-state index contributed by atoms with van der Waals surface area (Å²) in [6.07, 6.45) is 22.0. The molecule has 0 aliphatic rings. The van der Waals surface area contributed by atoms with E-state index < -0.39 is 0 Å². The van der Waals surface area contributed by atoms with Gasteiger partial charge in [0.25, 0.3) is 0 Å². The highest BCUT2D eigenvalue weighted by molar-refractivity contribution is 8.13. The van der Waals surface area contributed by atoms with Crippen molar-refractivity contribution in [3.8, 4) is 0 Å². The van der Waals surface area contributed by atoms with Crippen molar-refractivity contribution in [2.45, 2.75) is 104 Å². The van der Waals surface area contributed by atoms with Gasteiger partial charge in [-0.25, -0.2) is 0 Å². The van der Waals surface area contributed by atoms with Gasteiger partial charge in [-0.2, -0.15) is 0 Å². The van der Waals surface area contributed by atoms with E-state index in [1.165, 1.54) is 89.3 Å². The molecule has 152 valence electrons. The van der Waals surface area contributed by atoms with Gasteiger partial charge in [0.2, 0.25) is 5.91 Å². The van der Waals surface area contributed by atoms with Crippen molar-refractivity contribution < 1.29 is 9.59 Å². The lowest BCUT2D eigenvalue weighted by Crippen LogP contribution is -2.22. The van der Waals surface area contributed by atoms with E-state index in [1.807, 2.05) is 0 Å². The van der Waals surface area contributed by atoms with Crippen LogP contribution in [0.5, 0.6) is 0 Å². The first-order chi connectivity index (χ1) is 12.7. The maximum absolute atomic E-state index is 11.7. The second-order valence-electron chi connectivity index (χ2n) is 7.04. The van der Waals surface area contributed by atoms with E-state index in [0.29, 0.717) is 18.7 Å². The Kier molecular flexibility index (Phi) is 19.9. The quantitative estimate of drug-likeness (QED) is 0.219. The molecule has 0 saturated heterocycles. The molecule has 1 N–H and O–H groups in total. The number of rotatable bonds is 18. The van der Waals surface area contributed by atoms with E-state index in [-0.39, 0.29) is 11.0 Å². The van der Waals surface area contributed by atoms with Crippen LogP contribution in [0.2, 0.25) is 0 Å². The van der Waals surface area contributed by atoms with Gasteiger partial charge in [-0.05, 0) is 32.1 Å². The molecule has 3 nitrogen and oxygen atoms in total. The van der Waals surface area contributed by atoms with Crippen molar-refractivity contribution in [2.24, 2.45) is 0 Å². The number of thioether (sulfide) groups is 1. The fourth-order valence-electron chi connectivity index (χ4n) is 2.80. The molecule has 0 rings (SSSR count). The Morgan fingerprint density at radius 1 is 0.808 bits per heavy atom. The van der Waals surface area contributed by atoms with Crippen LogP contribution < -0.4 is 5.32 Å². The maximum Gasteiger partial charge on any atom is 0.216 e. The Hall–Kier alpha value is -0.770. The lowest BCUT2D eigenvalue weighted by molar-refractivity contribution is -0.118. The number of allylic oxidation sites excluding steroid dienone is 2. The topological polar surface area (TPSA) is 46.2 Å². The van der Waals surface area contributed by atoms with Crippen LogP contribution in [-0.2, 0) is 9.59 Å². The summed E-state index contributed by atoms with van der Waals surface area (Å²) in [6.45, 7) is 4.34. The lowest BCUT2D eigenvalue weighted by Gasteiger charge is -2.02. The number of carbonyl (C=O) groups is 2. The smallest absolute Gasteiger partial charge is 0.216 e. The number of hydrogen-bond donors (Lipinski definition) is 1. The average Bonchev–Trinajstić information content (AvgIpc) is 2.62. The van der Waals surface area contributed by atoms with Crippen LogP contribution in [-0.4, -0.2) is 23.3 Å². The van der Waals surface area contributed by atoms with Crippen molar-refractivity contribution in [2.75, 3.05) is 12.3 Å². The first-order valence-electron chi connectivity index (χ1n) is 10.7. The maximum atomic E-state index is 11.7. The van der Waals surface area contributed by atoms with E-state index in [9.17, 15) is 9.59 Å². The minimum atomic E-state index is -0.0321. The Bertz CT molecular complexity index is 369. The van der Waals surface area contributed by atoms with E-state index >= 15 is 0 Å². The predicted octanol–water partition coefficient (Wildman–Crippen LogP) is 6.42. The van der Waals surface area contributed by atoms with Crippen LogP contribution in [0, 0.1) is 0 Å². The second kappa shape index (κ2) is 20.5. The van der Waals surface area contributed by atoms with E-state index in [4.69, 9.17) is 0 Å². The zero-order chi connectivity index (χ0) is 19.3. The summed E-state index contributed by atoms with van der Waals surface area (Å²) < 4.78 is 0. The molecule has 0 aromatic heterocycles. The molecule has 0 heterocycles. The lowest BCUT2D eigenvalue weighted by atomic mass is 10.1. The van der Waals surface area contributed by atoms with E-state index in [0.717, 1.165) is 12.8 Å². The summed E-state index contributed by atoms with van der Waals surface area (Å²) in [5.41, 5.74) is 0. The minimum absolute atomic E-state index is 0.0321. The van der Waals surface area contributed by atoms with Crippen molar-refractivity contribution in [3.63, 3.8) is 0 Å². The first kappa shape index (κ1) is 25.2. The van der Waals surface area contributed by atoms with Crippen LogP contribution in [0.4, 0.5) is 0 Å². The molecule has 0 fully saturated rings. The number of unbranched alkanes of at least 4 members (excludes halogenated alkanes) is 11. The molecule has 0 saturated carbocycles. The average molecular weight is 384 g/mol. The molecule has 0 aromatic carbocycles. The molecule has 0 aliphatic heterocycles. The number of hydrogen-bond acceptors (Lipinski definition) is 3. The van der Waals surface area contributed by atoms with Gasteiger partial charge in [-0.15, -0.1) is 0 Å². The monoisotopic (exact) mass is 383 g/mol. The highest BCUT2D eigenvalue weighted by atomic mass is 32.2. The molecule has 0 unspecified atom stereocenters. The molecule has 0 spiro atoms. The molecule has 0 atom stereocenters. The van der Waals surface area contributed by atoms with Gasteiger partial charge in [0, 0.05) is 25.6 Å². The standard InChI is InChI=1S/C22H41NO2S/c1-3-4-5-6-7-8-9-10-11-12-13-14-15-16-17-18-22(25)26-20-19-23-21(2)24/h10-11H,3-9,12-20H2,1-2H3,(H,23,24)/b11-10-. The van der Waals surface area contributed by atoms with Crippen molar-refractivity contribution in [3.05, 3.63) is 12.2 Å². The van der Waals surface area contributed by atoms with Gasteiger partial charge >= 0.3 is 0 Å². The Morgan fingerprint density at radius 2 is 1.35 bits per heavy atom. The van der Waals surface area contributed by atoms with Crippen molar-refractivity contribution >= 4 is 22.8 Å². The Morgan fingerprint density at radius 3 is 1.92 bits per heavy atom. The highest BCUT2D eigenvalue weighted by Gasteiger charge is 2.02. The molecule has 4 heteroatoms. The summed E-state index contributed by atoms with van der Waals surface area (Å²) in [7, 11) is 0. The number of amides is 1. The summed E-state index contributed by atoms with van der Waals surface area (Å²) in [6, 6.07) is 0. The van der Waals surface area contributed by atoms with E-state index in [1.54, 1.807) is 0 Å². The third-order valence-corrected chi connectivity index (χ3v) is 5.32. The van der Waals surface area contributed by atoms with Gasteiger partial charge in [0.05, 0.1) is 0 Å². The Labute approximate surface area is 166 Å². The van der Waals surface area contributed by atoms with Crippen LogP contribution in [0.15, 0.2) is 12.2 Å². The second-order valence-corrected chi connectivity index (χ2v) is 8.19. The summed E-state index contributed by atoms with van der Waals surface area (Å²) in [5, 5.41) is 2.96.